The molecule has 176 valence electrons. The van der Waals surface area contributed by atoms with Crippen LogP contribution in [0.1, 0.15) is 25.7 Å². The van der Waals surface area contributed by atoms with Crippen LogP contribution in [-0.4, -0.2) is 70.3 Å². The first-order valence-corrected chi connectivity index (χ1v) is 12.1. The third-order valence-electron chi connectivity index (χ3n) is 7.27. The molecule has 4 heterocycles. The van der Waals surface area contributed by atoms with Gasteiger partial charge in [0.1, 0.15) is 17.8 Å². The van der Waals surface area contributed by atoms with Crippen LogP contribution < -0.4 is 10.1 Å². The summed E-state index contributed by atoms with van der Waals surface area (Å²) in [6.45, 7) is 3.87. The molecule has 1 saturated carbocycles. The summed E-state index contributed by atoms with van der Waals surface area (Å²) in [5.74, 6) is 1.52. The van der Waals surface area contributed by atoms with Crippen LogP contribution in [0.25, 0.3) is 33.1 Å². The van der Waals surface area contributed by atoms with Crippen LogP contribution in [-0.2, 0) is 4.74 Å². The third-order valence-corrected chi connectivity index (χ3v) is 7.27. The van der Waals surface area contributed by atoms with E-state index in [1.807, 2.05) is 18.3 Å². The number of rotatable bonds is 5. The normalized spacial score (nSPS) is 21.7. The summed E-state index contributed by atoms with van der Waals surface area (Å²) in [7, 11) is 1.63. The summed E-state index contributed by atoms with van der Waals surface area (Å²) in [5, 5.41) is 5.93. The number of nitrogens with one attached hydrogen (secondary N) is 2. The minimum absolute atomic E-state index is 0.425. The average Bonchev–Trinajstić information content (AvgIpc) is 3.28. The van der Waals surface area contributed by atoms with Crippen molar-refractivity contribution >= 4 is 27.8 Å². The fraction of sp³-hybridized carbons (Fsp3) is 0.423. The topological polar surface area (TPSA) is 88.2 Å². The zero-order chi connectivity index (χ0) is 22.9. The molecular formula is C26H30N6O2. The first-order chi connectivity index (χ1) is 16.8. The number of nitrogens with zero attached hydrogens (tertiary/aromatic N) is 4. The van der Waals surface area contributed by atoms with Gasteiger partial charge in [-0.25, -0.2) is 15.0 Å². The van der Waals surface area contributed by atoms with Gasteiger partial charge in [-0.1, -0.05) is 6.07 Å². The van der Waals surface area contributed by atoms with Gasteiger partial charge in [0.2, 0.25) is 5.88 Å². The number of H-pyrrole nitrogens is 1. The van der Waals surface area contributed by atoms with Gasteiger partial charge >= 0.3 is 0 Å². The Morgan fingerprint density at radius 1 is 1.00 bits per heavy atom. The van der Waals surface area contributed by atoms with Gasteiger partial charge < -0.3 is 19.8 Å². The number of ether oxygens (including phenoxy) is 2. The average molecular weight is 459 g/mol. The van der Waals surface area contributed by atoms with Crippen molar-refractivity contribution in [3.63, 3.8) is 0 Å². The maximum Gasteiger partial charge on any atom is 0.212 e. The summed E-state index contributed by atoms with van der Waals surface area (Å²) in [4.78, 5) is 19.6. The Kier molecular flexibility index (Phi) is 5.76. The van der Waals surface area contributed by atoms with Crippen molar-refractivity contribution in [2.24, 2.45) is 0 Å². The maximum absolute atomic E-state index is 5.53. The van der Waals surface area contributed by atoms with E-state index in [1.165, 1.54) is 12.8 Å². The van der Waals surface area contributed by atoms with Crippen LogP contribution in [0, 0.1) is 0 Å². The van der Waals surface area contributed by atoms with Gasteiger partial charge in [-0.15, -0.1) is 0 Å². The number of anilines is 1. The van der Waals surface area contributed by atoms with Crippen LogP contribution in [0.15, 0.2) is 42.9 Å². The molecule has 6 rings (SSSR count). The van der Waals surface area contributed by atoms with E-state index >= 15 is 0 Å². The van der Waals surface area contributed by atoms with Gasteiger partial charge in [0.05, 0.1) is 25.7 Å². The lowest BCUT2D eigenvalue weighted by Crippen LogP contribution is -2.46. The number of fused-ring (bicyclic) bond motifs is 3. The summed E-state index contributed by atoms with van der Waals surface area (Å²) >= 11 is 0. The molecule has 1 saturated heterocycles. The molecule has 2 aliphatic rings. The van der Waals surface area contributed by atoms with E-state index < -0.39 is 0 Å². The predicted molar refractivity (Wildman–Crippen MR) is 133 cm³/mol. The van der Waals surface area contributed by atoms with Crippen LogP contribution in [0.3, 0.4) is 0 Å². The molecule has 0 radical (unpaired) electrons. The van der Waals surface area contributed by atoms with Gasteiger partial charge in [0, 0.05) is 53.9 Å². The lowest BCUT2D eigenvalue weighted by atomic mass is 9.90. The van der Waals surface area contributed by atoms with E-state index in [2.05, 4.69) is 48.4 Å². The highest BCUT2D eigenvalue weighted by atomic mass is 16.5. The summed E-state index contributed by atoms with van der Waals surface area (Å²) in [6, 6.07) is 11.4. The third kappa shape index (κ3) is 4.08. The van der Waals surface area contributed by atoms with E-state index in [1.54, 1.807) is 13.4 Å². The van der Waals surface area contributed by atoms with E-state index in [0.717, 1.165) is 78.0 Å². The van der Waals surface area contributed by atoms with Crippen molar-refractivity contribution in [3.05, 3.63) is 42.9 Å². The Bertz CT molecular complexity index is 1270. The van der Waals surface area contributed by atoms with Crippen molar-refractivity contribution in [1.29, 1.82) is 0 Å². The number of hydrogen-bond acceptors (Lipinski definition) is 7. The molecular weight excluding hydrogens is 428 g/mol. The number of hydrogen-bond donors (Lipinski definition) is 2. The zero-order valence-corrected chi connectivity index (χ0v) is 19.5. The number of morpholine rings is 1. The van der Waals surface area contributed by atoms with Crippen molar-refractivity contribution in [1.82, 2.24) is 24.8 Å². The highest BCUT2D eigenvalue weighted by Gasteiger charge is 2.27. The Hall–Kier alpha value is -3.23. The Balaban J connectivity index is 1.26. The molecule has 8 nitrogen and oxygen atoms in total. The fourth-order valence-corrected chi connectivity index (χ4v) is 5.41. The maximum atomic E-state index is 5.53. The molecule has 4 aromatic rings. The Labute approximate surface area is 198 Å². The molecule has 1 aliphatic heterocycles. The molecule has 8 heteroatoms. The van der Waals surface area contributed by atoms with Crippen molar-refractivity contribution in [2.45, 2.75) is 37.8 Å². The largest absolute Gasteiger partial charge is 0.481 e. The second kappa shape index (κ2) is 9.19. The van der Waals surface area contributed by atoms with Crippen molar-refractivity contribution in [3.8, 4) is 17.0 Å². The molecule has 1 aromatic carbocycles. The van der Waals surface area contributed by atoms with E-state index in [0.29, 0.717) is 18.0 Å². The van der Waals surface area contributed by atoms with E-state index in [-0.39, 0.29) is 0 Å². The minimum atomic E-state index is 0.425. The van der Waals surface area contributed by atoms with Crippen LogP contribution in [0.4, 0.5) is 5.82 Å². The van der Waals surface area contributed by atoms with Crippen molar-refractivity contribution < 1.29 is 9.47 Å². The molecule has 3 aromatic heterocycles. The lowest BCUT2D eigenvalue weighted by molar-refractivity contribution is 0.00791. The van der Waals surface area contributed by atoms with Crippen LogP contribution >= 0.6 is 0 Å². The molecule has 0 atom stereocenters. The smallest absolute Gasteiger partial charge is 0.212 e. The highest BCUT2D eigenvalue weighted by molar-refractivity contribution is 6.12. The molecule has 0 spiro atoms. The zero-order valence-electron chi connectivity index (χ0n) is 19.5. The molecule has 0 amide bonds. The minimum Gasteiger partial charge on any atom is -0.481 e. The number of methoxy groups -OCH3 is 1. The molecule has 0 bridgehead atoms. The second-order valence-corrected chi connectivity index (χ2v) is 9.22. The number of pyridine rings is 1. The molecule has 2 N–H and O–H groups in total. The van der Waals surface area contributed by atoms with Crippen LogP contribution in [0.2, 0.25) is 0 Å². The summed E-state index contributed by atoms with van der Waals surface area (Å²) in [5.41, 5.74) is 4.06. The van der Waals surface area contributed by atoms with E-state index in [4.69, 9.17) is 9.47 Å². The number of benzene rings is 1. The molecule has 1 aliphatic carbocycles. The van der Waals surface area contributed by atoms with Gasteiger partial charge in [-0.2, -0.15) is 0 Å². The van der Waals surface area contributed by atoms with Crippen molar-refractivity contribution in [2.75, 3.05) is 38.7 Å². The monoisotopic (exact) mass is 458 g/mol. The first kappa shape index (κ1) is 21.3. The molecule has 0 unspecified atom stereocenters. The summed E-state index contributed by atoms with van der Waals surface area (Å²) < 4.78 is 10.7. The Morgan fingerprint density at radius 3 is 2.59 bits per heavy atom. The summed E-state index contributed by atoms with van der Waals surface area (Å²) in [6.07, 6.45) is 8.23. The fourth-order valence-electron chi connectivity index (χ4n) is 5.41. The number of aromatic amines is 1. The van der Waals surface area contributed by atoms with Gasteiger partial charge in [-0.3, -0.25) is 4.90 Å². The SMILES string of the molecule is COc1ccc(-c2ccc3[nH]c4ncnc(NC5CCC(N6CCOCC6)CC5)c4c3c2)cn1. The van der Waals surface area contributed by atoms with Gasteiger partial charge in [-0.05, 0) is 49.4 Å². The predicted octanol–water partition coefficient (Wildman–Crippen LogP) is 4.24. The molecule has 2 fully saturated rings. The second-order valence-electron chi connectivity index (χ2n) is 9.22. The number of aromatic nitrogens is 4. The Morgan fingerprint density at radius 2 is 1.82 bits per heavy atom. The van der Waals surface area contributed by atoms with Gasteiger partial charge in [0.25, 0.3) is 0 Å². The molecule has 34 heavy (non-hydrogen) atoms. The quantitative estimate of drug-likeness (QED) is 0.462. The van der Waals surface area contributed by atoms with E-state index in [9.17, 15) is 0 Å². The standard InChI is InChI=1S/C26H30N6O2/c1-33-23-9-3-18(15-27-23)17-2-8-22-21(14-17)24-25(28-16-29-26(24)31-22)30-19-4-6-20(7-5-19)32-10-12-34-13-11-32/h2-3,8-9,14-16,19-20H,4-7,10-13H2,1H3,(H2,28,29,30,31). The van der Waals surface area contributed by atoms with Crippen LogP contribution in [0.5, 0.6) is 5.88 Å². The highest BCUT2D eigenvalue weighted by Crippen LogP contribution is 2.34. The first-order valence-electron chi connectivity index (χ1n) is 12.1. The lowest BCUT2D eigenvalue weighted by Gasteiger charge is -2.39. The van der Waals surface area contributed by atoms with Gasteiger partial charge in [0.15, 0.2) is 0 Å².